The molecule has 0 aromatic carbocycles. The van der Waals surface area contributed by atoms with Crippen molar-refractivity contribution in [3.8, 4) is 0 Å². The number of carbonyl (C=O) groups is 1. The van der Waals surface area contributed by atoms with Crippen molar-refractivity contribution in [1.29, 1.82) is 0 Å². The first kappa shape index (κ1) is 45.3. The Labute approximate surface area is 287 Å². The molecular weight excluding hydrogens is 594 g/mol. The van der Waals surface area contributed by atoms with Crippen molar-refractivity contribution in [2.45, 2.75) is 238 Å². The highest BCUT2D eigenvalue weighted by molar-refractivity contribution is 7.85. The summed E-state index contributed by atoms with van der Waals surface area (Å²) in [6.07, 6.45) is 39.1. The standard InChI is InChI=1S/C39H79NO5S/c1-3-5-7-9-11-13-15-17-18-19-20-21-22-23-24-26-28-30-32-34-38(41)37(36-46(43,44)45)40-39(42)35-33-31-29-27-25-16-14-12-10-8-6-4-2/h37-38,41H,3-36H2,1-2H3,(H,40,42)(H,43,44,45). The lowest BCUT2D eigenvalue weighted by molar-refractivity contribution is -0.122. The Balaban J connectivity index is 3.80. The molecule has 0 aliphatic heterocycles. The molecule has 0 radical (unpaired) electrons. The van der Waals surface area contributed by atoms with E-state index in [1.165, 1.54) is 161 Å². The molecule has 1 amide bonds. The molecule has 0 aliphatic carbocycles. The number of hydrogen-bond donors (Lipinski definition) is 3. The average molecular weight is 674 g/mol. The van der Waals surface area contributed by atoms with Crippen molar-refractivity contribution in [2.24, 2.45) is 0 Å². The van der Waals surface area contributed by atoms with Crippen LogP contribution in [0, 0.1) is 0 Å². The average Bonchev–Trinajstić information content (AvgIpc) is 3.01. The van der Waals surface area contributed by atoms with E-state index in [4.69, 9.17) is 0 Å². The van der Waals surface area contributed by atoms with Crippen LogP contribution >= 0.6 is 0 Å². The highest BCUT2D eigenvalue weighted by Crippen LogP contribution is 2.17. The van der Waals surface area contributed by atoms with Crippen molar-refractivity contribution in [1.82, 2.24) is 5.32 Å². The summed E-state index contributed by atoms with van der Waals surface area (Å²) in [6.45, 7) is 4.52. The summed E-state index contributed by atoms with van der Waals surface area (Å²) in [4.78, 5) is 12.5. The number of rotatable bonds is 37. The minimum atomic E-state index is -4.30. The van der Waals surface area contributed by atoms with Crippen LogP contribution in [0.15, 0.2) is 0 Å². The minimum Gasteiger partial charge on any atom is -0.391 e. The number of amides is 1. The van der Waals surface area contributed by atoms with Gasteiger partial charge in [0.1, 0.15) is 0 Å². The lowest BCUT2D eigenvalue weighted by atomic mass is 10.0. The molecular formula is C39H79NO5S. The summed E-state index contributed by atoms with van der Waals surface area (Å²) in [5, 5.41) is 13.3. The zero-order valence-corrected chi connectivity index (χ0v) is 31.5. The Morgan fingerprint density at radius 2 is 0.783 bits per heavy atom. The number of aliphatic hydroxyl groups excluding tert-OH is 1. The number of aliphatic hydroxyl groups is 1. The molecule has 46 heavy (non-hydrogen) atoms. The molecule has 0 spiro atoms. The molecule has 0 saturated carbocycles. The van der Waals surface area contributed by atoms with Crippen LogP contribution in [0.25, 0.3) is 0 Å². The third kappa shape index (κ3) is 34.7. The van der Waals surface area contributed by atoms with Crippen LogP contribution in [0.1, 0.15) is 226 Å². The highest BCUT2D eigenvalue weighted by Gasteiger charge is 2.26. The molecule has 2 atom stereocenters. The molecule has 0 heterocycles. The minimum absolute atomic E-state index is 0.243. The molecule has 0 bridgehead atoms. The van der Waals surface area contributed by atoms with Gasteiger partial charge in [-0.15, -0.1) is 0 Å². The van der Waals surface area contributed by atoms with E-state index in [9.17, 15) is 22.9 Å². The molecule has 276 valence electrons. The van der Waals surface area contributed by atoms with Gasteiger partial charge in [-0.05, 0) is 12.8 Å². The van der Waals surface area contributed by atoms with E-state index >= 15 is 0 Å². The van der Waals surface area contributed by atoms with E-state index in [0.29, 0.717) is 12.8 Å². The molecule has 0 aromatic rings. The third-order valence-electron chi connectivity index (χ3n) is 9.56. The quantitative estimate of drug-likeness (QED) is 0.0450. The first-order valence-electron chi connectivity index (χ1n) is 20.2. The first-order valence-corrected chi connectivity index (χ1v) is 21.8. The number of hydrogen-bond acceptors (Lipinski definition) is 4. The summed E-state index contributed by atoms with van der Waals surface area (Å²) in [5.41, 5.74) is 0. The van der Waals surface area contributed by atoms with Crippen molar-refractivity contribution in [3.05, 3.63) is 0 Å². The maximum absolute atomic E-state index is 12.5. The van der Waals surface area contributed by atoms with Gasteiger partial charge in [0.05, 0.1) is 17.9 Å². The van der Waals surface area contributed by atoms with Crippen molar-refractivity contribution < 1.29 is 22.9 Å². The molecule has 0 rings (SSSR count). The summed E-state index contributed by atoms with van der Waals surface area (Å²) in [7, 11) is -4.30. The third-order valence-corrected chi connectivity index (χ3v) is 10.3. The normalized spacial score (nSPS) is 13.2. The second kappa shape index (κ2) is 34.2. The molecule has 7 heteroatoms. The maximum atomic E-state index is 12.5. The van der Waals surface area contributed by atoms with Gasteiger partial charge in [-0.3, -0.25) is 9.35 Å². The number of unbranched alkanes of at least 4 members (excludes halogenated alkanes) is 29. The lowest BCUT2D eigenvalue weighted by Crippen LogP contribution is -2.47. The van der Waals surface area contributed by atoms with Crippen molar-refractivity contribution in [2.75, 3.05) is 5.75 Å². The van der Waals surface area contributed by atoms with E-state index in [-0.39, 0.29) is 5.91 Å². The molecule has 3 N–H and O–H groups in total. The van der Waals surface area contributed by atoms with Crippen molar-refractivity contribution in [3.63, 3.8) is 0 Å². The summed E-state index contributed by atoms with van der Waals surface area (Å²) in [5.74, 6) is -0.884. The van der Waals surface area contributed by atoms with Crippen LogP contribution < -0.4 is 5.32 Å². The van der Waals surface area contributed by atoms with Gasteiger partial charge in [0.25, 0.3) is 10.1 Å². The Kier molecular flexibility index (Phi) is 33.7. The van der Waals surface area contributed by atoms with Gasteiger partial charge in [-0.1, -0.05) is 206 Å². The molecule has 2 unspecified atom stereocenters. The van der Waals surface area contributed by atoms with Crippen LogP contribution in [0.2, 0.25) is 0 Å². The van der Waals surface area contributed by atoms with Crippen LogP contribution in [-0.2, 0) is 14.9 Å². The Bertz CT molecular complexity index is 745. The van der Waals surface area contributed by atoms with Crippen LogP contribution in [0.5, 0.6) is 0 Å². The Morgan fingerprint density at radius 3 is 1.09 bits per heavy atom. The molecule has 0 aromatic heterocycles. The van der Waals surface area contributed by atoms with Crippen LogP contribution in [0.4, 0.5) is 0 Å². The maximum Gasteiger partial charge on any atom is 0.266 e. The van der Waals surface area contributed by atoms with E-state index < -0.39 is 28.0 Å². The van der Waals surface area contributed by atoms with Gasteiger partial charge in [0.15, 0.2) is 0 Å². The topological polar surface area (TPSA) is 104 Å². The predicted molar refractivity (Wildman–Crippen MR) is 198 cm³/mol. The molecule has 0 saturated heterocycles. The fraction of sp³-hybridized carbons (Fsp3) is 0.974. The monoisotopic (exact) mass is 674 g/mol. The van der Waals surface area contributed by atoms with Gasteiger partial charge >= 0.3 is 0 Å². The van der Waals surface area contributed by atoms with Crippen molar-refractivity contribution >= 4 is 16.0 Å². The van der Waals surface area contributed by atoms with Gasteiger partial charge in [0.2, 0.25) is 5.91 Å². The molecule has 6 nitrogen and oxygen atoms in total. The number of carbonyl (C=O) groups excluding carboxylic acids is 1. The summed E-state index contributed by atoms with van der Waals surface area (Å²) in [6, 6.07) is -0.963. The van der Waals surface area contributed by atoms with E-state index in [2.05, 4.69) is 19.2 Å². The van der Waals surface area contributed by atoms with E-state index in [1.54, 1.807) is 0 Å². The highest BCUT2D eigenvalue weighted by atomic mass is 32.2. The smallest absolute Gasteiger partial charge is 0.266 e. The summed E-state index contributed by atoms with van der Waals surface area (Å²) < 4.78 is 32.5. The van der Waals surface area contributed by atoms with Crippen LogP contribution in [0.3, 0.4) is 0 Å². The first-order chi connectivity index (χ1) is 22.3. The second-order valence-electron chi connectivity index (χ2n) is 14.3. The van der Waals surface area contributed by atoms with E-state index in [0.717, 1.165) is 38.5 Å². The fourth-order valence-electron chi connectivity index (χ4n) is 6.51. The van der Waals surface area contributed by atoms with Gasteiger partial charge in [0, 0.05) is 6.42 Å². The second-order valence-corrected chi connectivity index (χ2v) is 15.8. The zero-order chi connectivity index (χ0) is 34.0. The Morgan fingerprint density at radius 1 is 0.500 bits per heavy atom. The summed E-state index contributed by atoms with van der Waals surface area (Å²) >= 11 is 0. The van der Waals surface area contributed by atoms with E-state index in [1.807, 2.05) is 0 Å². The molecule has 0 aliphatic rings. The Hall–Kier alpha value is -0.660. The van der Waals surface area contributed by atoms with Gasteiger partial charge in [-0.25, -0.2) is 0 Å². The zero-order valence-electron chi connectivity index (χ0n) is 30.7. The molecule has 0 fully saturated rings. The van der Waals surface area contributed by atoms with Gasteiger partial charge in [-0.2, -0.15) is 8.42 Å². The largest absolute Gasteiger partial charge is 0.391 e. The SMILES string of the molecule is CCCCCCCCCCCCCCCCCCCCCC(O)C(CS(=O)(=O)O)NC(=O)CCCCCCCCCCCCCC. The fourth-order valence-corrected chi connectivity index (χ4v) is 7.27. The van der Waals surface area contributed by atoms with Gasteiger partial charge < -0.3 is 10.4 Å². The van der Waals surface area contributed by atoms with Crippen LogP contribution in [-0.4, -0.2) is 41.9 Å². The predicted octanol–water partition coefficient (Wildman–Crippen LogP) is 11.6. The lowest BCUT2D eigenvalue weighted by Gasteiger charge is -2.23. The number of nitrogens with one attached hydrogen (secondary N) is 1.